The molecule has 0 saturated carbocycles. The number of nitrogens with one attached hydrogen (secondary N) is 2. The summed E-state index contributed by atoms with van der Waals surface area (Å²) in [7, 11) is 0. The highest BCUT2D eigenvalue weighted by molar-refractivity contribution is 5.89. The number of amides is 1. The maximum Gasteiger partial charge on any atom is 0.269 e. The molecule has 0 bridgehead atoms. The third-order valence-electron chi connectivity index (χ3n) is 3.03. The lowest BCUT2D eigenvalue weighted by molar-refractivity contribution is -0.384. The molecule has 0 aliphatic carbocycles. The number of H-pyrrole nitrogens is 1. The van der Waals surface area contributed by atoms with Crippen molar-refractivity contribution in [3.63, 3.8) is 0 Å². The largest absolute Gasteiger partial charge is 0.457 e. The van der Waals surface area contributed by atoms with Gasteiger partial charge < -0.3 is 9.72 Å². The zero-order valence-corrected chi connectivity index (χ0v) is 12.1. The van der Waals surface area contributed by atoms with E-state index in [1.807, 2.05) is 0 Å². The molecule has 0 aliphatic heterocycles. The molecule has 1 aromatic heterocycles. The van der Waals surface area contributed by atoms with Crippen molar-refractivity contribution in [1.82, 2.24) is 9.97 Å². The quantitative estimate of drug-likeness (QED) is 0.567. The zero-order chi connectivity index (χ0) is 16.4. The highest BCUT2D eigenvalue weighted by Crippen LogP contribution is 2.26. The van der Waals surface area contributed by atoms with Crippen LogP contribution in [0, 0.1) is 10.1 Å². The summed E-state index contributed by atoms with van der Waals surface area (Å²) in [6.07, 6.45) is 0. The fraction of sp³-hybridized carbons (Fsp3) is 0.0667. The number of aromatic amines is 1. The van der Waals surface area contributed by atoms with Gasteiger partial charge in [0.05, 0.1) is 16.0 Å². The summed E-state index contributed by atoms with van der Waals surface area (Å²) in [5.41, 5.74) is 1.39. The van der Waals surface area contributed by atoms with E-state index in [0.29, 0.717) is 28.5 Å². The molecule has 3 aromatic rings. The molecule has 116 valence electrons. The first-order chi connectivity index (χ1) is 11.0. The van der Waals surface area contributed by atoms with Crippen molar-refractivity contribution < 1.29 is 14.5 Å². The molecule has 0 radical (unpaired) electrons. The molecule has 1 heterocycles. The monoisotopic (exact) mass is 312 g/mol. The predicted molar refractivity (Wildman–Crippen MR) is 83.6 cm³/mol. The number of hydrogen-bond acceptors (Lipinski definition) is 5. The lowest BCUT2D eigenvalue weighted by atomic mass is 10.3. The number of rotatable bonds is 4. The Kier molecular flexibility index (Phi) is 3.63. The number of ether oxygens (including phenoxy) is 1. The maximum absolute atomic E-state index is 11.0. The van der Waals surface area contributed by atoms with Crippen LogP contribution in [0.15, 0.2) is 42.5 Å². The second kappa shape index (κ2) is 5.76. The number of non-ortho nitro benzene ring substituents is 1. The van der Waals surface area contributed by atoms with Crippen LogP contribution in [0.5, 0.6) is 11.5 Å². The van der Waals surface area contributed by atoms with Crippen LogP contribution < -0.4 is 10.1 Å². The first-order valence-electron chi connectivity index (χ1n) is 6.71. The molecule has 0 spiro atoms. The van der Waals surface area contributed by atoms with E-state index in [1.54, 1.807) is 18.2 Å². The van der Waals surface area contributed by atoms with Crippen molar-refractivity contribution in [1.29, 1.82) is 0 Å². The van der Waals surface area contributed by atoms with Gasteiger partial charge in [0.1, 0.15) is 11.5 Å². The molecule has 0 unspecified atom stereocenters. The summed E-state index contributed by atoms with van der Waals surface area (Å²) in [5.74, 6) is 1.17. The van der Waals surface area contributed by atoms with Crippen molar-refractivity contribution in [3.8, 4) is 11.5 Å². The van der Waals surface area contributed by atoms with E-state index < -0.39 is 4.92 Å². The van der Waals surface area contributed by atoms with Crippen molar-refractivity contribution in [2.75, 3.05) is 5.32 Å². The molecular formula is C15H12N4O4. The molecule has 0 aliphatic rings. The zero-order valence-electron chi connectivity index (χ0n) is 12.1. The minimum atomic E-state index is -0.468. The number of fused-ring (bicyclic) bond motifs is 1. The van der Waals surface area contributed by atoms with E-state index in [4.69, 9.17) is 4.74 Å². The Bertz CT molecular complexity index is 886. The Morgan fingerprint density at radius 1 is 1.22 bits per heavy atom. The Hall–Kier alpha value is -3.42. The van der Waals surface area contributed by atoms with Crippen LogP contribution >= 0.6 is 0 Å². The Balaban J connectivity index is 1.82. The topological polar surface area (TPSA) is 110 Å². The Morgan fingerprint density at radius 3 is 2.57 bits per heavy atom. The molecule has 8 heteroatoms. The molecule has 1 amide bonds. The van der Waals surface area contributed by atoms with Crippen LogP contribution in [0.2, 0.25) is 0 Å². The second-order valence-corrected chi connectivity index (χ2v) is 4.80. The van der Waals surface area contributed by atoms with Crippen molar-refractivity contribution >= 4 is 28.6 Å². The molecule has 0 atom stereocenters. The van der Waals surface area contributed by atoms with Crippen molar-refractivity contribution in [3.05, 3.63) is 52.6 Å². The number of aromatic nitrogens is 2. The average molecular weight is 312 g/mol. The van der Waals surface area contributed by atoms with Crippen molar-refractivity contribution in [2.24, 2.45) is 0 Å². The van der Waals surface area contributed by atoms with Gasteiger partial charge in [-0.05, 0) is 24.3 Å². The van der Waals surface area contributed by atoms with Crippen LogP contribution in [0.1, 0.15) is 6.92 Å². The van der Waals surface area contributed by atoms with Gasteiger partial charge in [0.15, 0.2) is 0 Å². The molecule has 0 fully saturated rings. The van der Waals surface area contributed by atoms with Crippen LogP contribution in [0.4, 0.5) is 11.6 Å². The molecule has 2 N–H and O–H groups in total. The van der Waals surface area contributed by atoms with E-state index >= 15 is 0 Å². The van der Waals surface area contributed by atoms with Gasteiger partial charge in [0.2, 0.25) is 11.9 Å². The van der Waals surface area contributed by atoms with Gasteiger partial charge in [-0.15, -0.1) is 0 Å². The van der Waals surface area contributed by atoms with Crippen molar-refractivity contribution in [2.45, 2.75) is 6.92 Å². The Labute approximate surface area is 130 Å². The number of nitro benzene ring substituents is 1. The van der Waals surface area contributed by atoms with E-state index in [0.717, 1.165) is 0 Å². The fourth-order valence-electron chi connectivity index (χ4n) is 2.05. The molecular weight excluding hydrogens is 300 g/mol. The lowest BCUT2D eigenvalue weighted by Gasteiger charge is -2.05. The lowest BCUT2D eigenvalue weighted by Crippen LogP contribution is -2.06. The normalized spacial score (nSPS) is 10.5. The number of carbonyl (C=O) groups is 1. The number of anilines is 1. The number of benzene rings is 2. The van der Waals surface area contributed by atoms with Gasteiger partial charge in [-0.1, -0.05) is 0 Å². The van der Waals surface area contributed by atoms with E-state index in [-0.39, 0.29) is 11.6 Å². The number of imidazole rings is 1. The number of nitrogens with zero attached hydrogens (tertiary/aromatic N) is 2. The first-order valence-corrected chi connectivity index (χ1v) is 6.71. The number of carbonyl (C=O) groups excluding carboxylic acids is 1. The van der Waals surface area contributed by atoms with E-state index in [2.05, 4.69) is 15.3 Å². The van der Waals surface area contributed by atoms with E-state index in [1.165, 1.54) is 31.2 Å². The summed E-state index contributed by atoms with van der Waals surface area (Å²) in [6.45, 7) is 1.40. The Morgan fingerprint density at radius 2 is 1.91 bits per heavy atom. The second-order valence-electron chi connectivity index (χ2n) is 4.80. The third-order valence-corrected chi connectivity index (χ3v) is 3.03. The summed E-state index contributed by atoms with van der Waals surface area (Å²) >= 11 is 0. The van der Waals surface area contributed by atoms with Crippen LogP contribution in [-0.4, -0.2) is 20.8 Å². The van der Waals surface area contributed by atoms with Gasteiger partial charge >= 0.3 is 0 Å². The average Bonchev–Trinajstić information content (AvgIpc) is 2.88. The standard InChI is InChI=1S/C15H12N4O4/c1-9(20)16-15-17-13-7-6-12(8-14(13)18-15)23-11-4-2-10(3-5-11)19(21)22/h2-8H,1H3,(H2,16,17,18,20). The van der Waals surface area contributed by atoms with Gasteiger partial charge in [-0.25, -0.2) is 4.98 Å². The highest BCUT2D eigenvalue weighted by atomic mass is 16.6. The van der Waals surface area contributed by atoms with Gasteiger partial charge in [0, 0.05) is 25.1 Å². The summed E-state index contributed by atoms with van der Waals surface area (Å²) < 4.78 is 5.65. The van der Waals surface area contributed by atoms with Crippen LogP contribution in [0.3, 0.4) is 0 Å². The molecule has 0 saturated heterocycles. The predicted octanol–water partition coefficient (Wildman–Crippen LogP) is 3.22. The number of hydrogen-bond donors (Lipinski definition) is 2. The third kappa shape index (κ3) is 3.26. The fourth-order valence-corrected chi connectivity index (χ4v) is 2.05. The molecule has 2 aromatic carbocycles. The summed E-state index contributed by atoms with van der Waals surface area (Å²) in [6, 6.07) is 11.0. The molecule has 23 heavy (non-hydrogen) atoms. The van der Waals surface area contributed by atoms with Gasteiger partial charge in [-0.2, -0.15) is 0 Å². The van der Waals surface area contributed by atoms with E-state index in [9.17, 15) is 14.9 Å². The SMILES string of the molecule is CC(=O)Nc1nc2ccc(Oc3ccc([N+](=O)[O-])cc3)cc2[nH]1. The summed E-state index contributed by atoms with van der Waals surface area (Å²) in [4.78, 5) is 28.4. The van der Waals surface area contributed by atoms with Gasteiger partial charge in [0.25, 0.3) is 5.69 Å². The van der Waals surface area contributed by atoms with Crippen LogP contribution in [-0.2, 0) is 4.79 Å². The highest BCUT2D eigenvalue weighted by Gasteiger charge is 2.08. The molecule has 3 rings (SSSR count). The maximum atomic E-state index is 11.0. The molecule has 8 nitrogen and oxygen atoms in total. The smallest absolute Gasteiger partial charge is 0.269 e. The van der Waals surface area contributed by atoms with Gasteiger partial charge in [-0.3, -0.25) is 20.2 Å². The minimum Gasteiger partial charge on any atom is -0.457 e. The summed E-state index contributed by atoms with van der Waals surface area (Å²) in [5, 5.41) is 13.2. The minimum absolute atomic E-state index is 0.00122. The van der Waals surface area contributed by atoms with Crippen LogP contribution in [0.25, 0.3) is 11.0 Å². The number of nitro groups is 1. The first kappa shape index (κ1) is 14.5.